The number of carboxylic acid groups (broad SMARTS) is 1. The minimum atomic E-state index is -4.46. The number of hydrogen-bond acceptors (Lipinski definition) is 3. The molecule has 0 radical (unpaired) electrons. The normalized spacial score (nSPS) is 11.4. The molecule has 8 heteroatoms. The highest BCUT2D eigenvalue weighted by molar-refractivity contribution is 5.87. The van der Waals surface area contributed by atoms with Gasteiger partial charge in [-0.3, -0.25) is 4.68 Å². The number of rotatable bonds is 4. The number of benzene rings is 1. The zero-order valence-electron chi connectivity index (χ0n) is 10.9. The Labute approximate surface area is 117 Å². The summed E-state index contributed by atoms with van der Waals surface area (Å²) in [5.74, 6) is -1.18. The van der Waals surface area contributed by atoms with Crippen LogP contribution in [0.25, 0.3) is 0 Å². The summed E-state index contributed by atoms with van der Waals surface area (Å²) in [5.41, 5.74) is -0.617. The molecule has 112 valence electrons. The molecule has 0 aliphatic carbocycles. The van der Waals surface area contributed by atoms with Crippen molar-refractivity contribution in [3.05, 3.63) is 47.3 Å². The van der Waals surface area contributed by atoms with Crippen molar-refractivity contribution in [3.63, 3.8) is 0 Å². The molecule has 0 unspecified atom stereocenters. The van der Waals surface area contributed by atoms with Gasteiger partial charge in [0.25, 0.3) is 0 Å². The Bertz CT molecular complexity index is 665. The van der Waals surface area contributed by atoms with Crippen molar-refractivity contribution in [2.45, 2.75) is 12.8 Å². The summed E-state index contributed by atoms with van der Waals surface area (Å²) in [7, 11) is 1.46. The molecule has 1 N–H and O–H groups in total. The van der Waals surface area contributed by atoms with Crippen LogP contribution in [-0.2, 0) is 19.8 Å². The summed E-state index contributed by atoms with van der Waals surface area (Å²) in [6.07, 6.45) is -3.16. The van der Waals surface area contributed by atoms with Crippen LogP contribution in [0.5, 0.6) is 5.75 Å². The van der Waals surface area contributed by atoms with Crippen LogP contribution < -0.4 is 4.74 Å². The Hall–Kier alpha value is -2.51. The highest BCUT2D eigenvalue weighted by atomic mass is 19.4. The quantitative estimate of drug-likeness (QED) is 0.943. The summed E-state index contributed by atoms with van der Waals surface area (Å²) in [6, 6.07) is 4.38. The fourth-order valence-corrected chi connectivity index (χ4v) is 1.79. The molecule has 0 saturated heterocycles. The third-order valence-corrected chi connectivity index (χ3v) is 2.77. The van der Waals surface area contributed by atoms with Gasteiger partial charge >= 0.3 is 12.1 Å². The van der Waals surface area contributed by atoms with Crippen LogP contribution in [0.15, 0.2) is 30.5 Å². The lowest BCUT2D eigenvalue weighted by atomic mass is 10.2. The summed E-state index contributed by atoms with van der Waals surface area (Å²) in [5, 5.41) is 12.8. The first-order chi connectivity index (χ1) is 9.79. The first-order valence-electron chi connectivity index (χ1n) is 5.83. The van der Waals surface area contributed by atoms with Gasteiger partial charge in [-0.05, 0) is 18.2 Å². The predicted octanol–water partition coefficient (Wildman–Crippen LogP) is 2.72. The van der Waals surface area contributed by atoms with E-state index in [2.05, 4.69) is 5.10 Å². The molecule has 1 aromatic heterocycles. The molecule has 0 aliphatic rings. The van der Waals surface area contributed by atoms with Crippen LogP contribution in [0, 0.1) is 0 Å². The van der Waals surface area contributed by atoms with E-state index in [0.717, 1.165) is 16.8 Å². The molecule has 0 fully saturated rings. The Morgan fingerprint density at radius 1 is 1.43 bits per heavy atom. The van der Waals surface area contributed by atoms with Crippen LogP contribution in [0.3, 0.4) is 0 Å². The SMILES string of the molecule is Cn1ncc(COc2cccc(C(F)(F)F)c2)c1C(=O)O. The van der Waals surface area contributed by atoms with Crippen LogP contribution in [0.4, 0.5) is 13.2 Å². The standard InChI is InChI=1S/C13H11F3N2O3/c1-18-11(12(19)20)8(6-17-18)7-21-10-4-2-3-9(5-10)13(14,15)16/h2-6H,7H2,1H3,(H,19,20). The van der Waals surface area contributed by atoms with E-state index in [0.29, 0.717) is 0 Å². The Morgan fingerprint density at radius 2 is 2.14 bits per heavy atom. The Morgan fingerprint density at radius 3 is 2.76 bits per heavy atom. The second-order valence-electron chi connectivity index (χ2n) is 4.26. The van der Waals surface area contributed by atoms with Gasteiger partial charge in [0.15, 0.2) is 5.69 Å². The zero-order chi connectivity index (χ0) is 15.6. The summed E-state index contributed by atoms with van der Waals surface area (Å²) in [4.78, 5) is 11.0. The van der Waals surface area contributed by atoms with Crippen molar-refractivity contribution < 1.29 is 27.8 Å². The van der Waals surface area contributed by atoms with Gasteiger partial charge in [-0.25, -0.2) is 4.79 Å². The van der Waals surface area contributed by atoms with E-state index in [1.54, 1.807) is 0 Å². The van der Waals surface area contributed by atoms with Gasteiger partial charge in [-0.1, -0.05) is 6.07 Å². The maximum absolute atomic E-state index is 12.6. The highest BCUT2D eigenvalue weighted by Crippen LogP contribution is 2.31. The van der Waals surface area contributed by atoms with E-state index in [1.807, 2.05) is 0 Å². The summed E-state index contributed by atoms with van der Waals surface area (Å²) >= 11 is 0. The van der Waals surface area contributed by atoms with Gasteiger partial charge in [0.05, 0.1) is 11.8 Å². The molecule has 5 nitrogen and oxygen atoms in total. The number of hydrogen-bond donors (Lipinski definition) is 1. The van der Waals surface area contributed by atoms with Gasteiger partial charge in [0, 0.05) is 12.6 Å². The van der Waals surface area contributed by atoms with Crippen molar-refractivity contribution in [1.82, 2.24) is 9.78 Å². The van der Waals surface area contributed by atoms with Gasteiger partial charge < -0.3 is 9.84 Å². The minimum absolute atomic E-state index is 0.00465. The topological polar surface area (TPSA) is 64.4 Å². The number of aromatic carboxylic acids is 1. The maximum Gasteiger partial charge on any atom is 0.416 e. The number of carboxylic acids is 1. The van der Waals surface area contributed by atoms with E-state index in [4.69, 9.17) is 9.84 Å². The number of aryl methyl sites for hydroxylation is 1. The molecule has 0 atom stereocenters. The van der Waals surface area contributed by atoms with Crippen LogP contribution in [-0.4, -0.2) is 20.9 Å². The number of alkyl halides is 3. The van der Waals surface area contributed by atoms with Crippen molar-refractivity contribution >= 4 is 5.97 Å². The van der Waals surface area contributed by atoms with Crippen LogP contribution in [0.2, 0.25) is 0 Å². The third-order valence-electron chi connectivity index (χ3n) is 2.77. The largest absolute Gasteiger partial charge is 0.489 e. The van der Waals surface area contributed by atoms with Crippen molar-refractivity contribution in [2.24, 2.45) is 7.05 Å². The molecular weight excluding hydrogens is 289 g/mol. The first-order valence-corrected chi connectivity index (χ1v) is 5.83. The van der Waals surface area contributed by atoms with E-state index >= 15 is 0 Å². The van der Waals surface area contributed by atoms with Gasteiger partial charge in [-0.2, -0.15) is 18.3 Å². The fourth-order valence-electron chi connectivity index (χ4n) is 1.79. The zero-order valence-corrected chi connectivity index (χ0v) is 10.9. The second-order valence-corrected chi connectivity index (χ2v) is 4.26. The van der Waals surface area contributed by atoms with Crippen molar-refractivity contribution in [2.75, 3.05) is 0 Å². The van der Waals surface area contributed by atoms with Gasteiger partial charge in [-0.15, -0.1) is 0 Å². The Kier molecular flexibility index (Phi) is 3.88. The average molecular weight is 300 g/mol. The Balaban J connectivity index is 2.16. The van der Waals surface area contributed by atoms with E-state index in [9.17, 15) is 18.0 Å². The molecule has 0 spiro atoms. The lowest BCUT2D eigenvalue weighted by Crippen LogP contribution is -2.10. The number of nitrogens with zero attached hydrogens (tertiary/aromatic N) is 2. The van der Waals surface area contributed by atoms with Gasteiger partial charge in [0.1, 0.15) is 12.4 Å². The smallest absolute Gasteiger partial charge is 0.416 e. The number of halogens is 3. The molecule has 2 rings (SSSR count). The molecule has 21 heavy (non-hydrogen) atoms. The lowest BCUT2D eigenvalue weighted by molar-refractivity contribution is -0.137. The summed E-state index contributed by atoms with van der Waals surface area (Å²) < 4.78 is 44.0. The summed E-state index contributed by atoms with van der Waals surface area (Å²) in [6.45, 7) is -0.184. The predicted molar refractivity (Wildman–Crippen MR) is 65.9 cm³/mol. The van der Waals surface area contributed by atoms with Crippen LogP contribution >= 0.6 is 0 Å². The van der Waals surface area contributed by atoms with Gasteiger partial charge in [0.2, 0.25) is 0 Å². The lowest BCUT2D eigenvalue weighted by Gasteiger charge is -2.10. The third kappa shape index (κ3) is 3.33. The van der Waals surface area contributed by atoms with Crippen molar-refractivity contribution in [3.8, 4) is 5.75 Å². The fraction of sp³-hybridized carbons (Fsp3) is 0.231. The molecule has 1 aromatic carbocycles. The molecule has 0 aliphatic heterocycles. The van der Waals surface area contributed by atoms with E-state index in [1.165, 1.54) is 25.4 Å². The minimum Gasteiger partial charge on any atom is -0.489 e. The maximum atomic E-state index is 12.6. The van der Waals surface area contributed by atoms with E-state index in [-0.39, 0.29) is 23.6 Å². The molecule has 0 saturated carbocycles. The molecule has 0 amide bonds. The number of aromatic nitrogens is 2. The molecule has 2 aromatic rings. The number of carbonyl (C=O) groups is 1. The van der Waals surface area contributed by atoms with E-state index < -0.39 is 17.7 Å². The van der Waals surface area contributed by atoms with Crippen molar-refractivity contribution in [1.29, 1.82) is 0 Å². The second kappa shape index (κ2) is 5.47. The highest BCUT2D eigenvalue weighted by Gasteiger charge is 2.30. The molecular formula is C13H11F3N2O3. The monoisotopic (exact) mass is 300 g/mol. The number of ether oxygens (including phenoxy) is 1. The van der Waals surface area contributed by atoms with Crippen LogP contribution in [0.1, 0.15) is 21.6 Å². The molecule has 0 bridgehead atoms. The average Bonchev–Trinajstić information content (AvgIpc) is 2.77. The molecule has 1 heterocycles. The first kappa shape index (κ1) is 14.9.